The molecule has 0 aliphatic heterocycles. The van der Waals surface area contributed by atoms with Gasteiger partial charge in [0.2, 0.25) is 17.9 Å². The first-order valence-electron chi connectivity index (χ1n) is 16.4. The van der Waals surface area contributed by atoms with E-state index in [1.807, 2.05) is 13.8 Å². The van der Waals surface area contributed by atoms with E-state index in [0.29, 0.717) is 34.3 Å². The van der Waals surface area contributed by atoms with Gasteiger partial charge in [-0.05, 0) is 99.5 Å². The van der Waals surface area contributed by atoms with Crippen LogP contribution in [0.25, 0.3) is 0 Å². The maximum absolute atomic E-state index is 13.9. The van der Waals surface area contributed by atoms with Gasteiger partial charge in [-0.25, -0.2) is 0 Å². The van der Waals surface area contributed by atoms with E-state index in [2.05, 4.69) is 15.7 Å². The van der Waals surface area contributed by atoms with Gasteiger partial charge < -0.3 is 20.9 Å². The lowest BCUT2D eigenvalue weighted by Crippen LogP contribution is -2.55. The molecule has 1 aromatic heterocycles. The molecule has 3 aliphatic rings. The Balaban J connectivity index is 1.38. The second-order valence-electron chi connectivity index (χ2n) is 12.3. The molecule has 4 amide bonds. The summed E-state index contributed by atoms with van der Waals surface area (Å²) in [5, 5.41) is 11.6. The van der Waals surface area contributed by atoms with E-state index in [1.165, 1.54) is 23.6 Å². The summed E-state index contributed by atoms with van der Waals surface area (Å²) >= 11 is 0. The van der Waals surface area contributed by atoms with Gasteiger partial charge in [0.25, 0.3) is 11.8 Å². The highest BCUT2D eigenvalue weighted by Gasteiger charge is 2.49. The van der Waals surface area contributed by atoms with Crippen LogP contribution in [0, 0.1) is 17.8 Å². The Morgan fingerprint density at radius 3 is 2.30 bits per heavy atom. The number of halogens is 3. The predicted octanol–water partition coefficient (Wildman–Crippen LogP) is 4.15. The molecule has 0 bridgehead atoms. The number of hydrogen-bond acceptors (Lipinski definition) is 5. The molecule has 1 aromatic carbocycles. The molecule has 1 unspecified atom stereocenters. The Hall–Kier alpha value is -3.90. The SMILES string of the molecule is [2H]C([2H])([2H])N(C(=O)C(NC(C)=O)C(F)(F)F)[C@@H]1CCc2cc(NC(=O)[C@@H](NC(=O)c3ccnn3C(C)C)C(C3CC3)C3CC3)ccc21. The number of amides is 4. The van der Waals surface area contributed by atoms with Crippen LogP contribution in [0.5, 0.6) is 0 Å². The van der Waals surface area contributed by atoms with Gasteiger partial charge in [0.05, 0.1) is 6.04 Å². The number of aryl methyl sites for hydroxylation is 1. The molecule has 44 heavy (non-hydrogen) atoms. The fraction of sp³-hybridized carbons (Fsp3) is 0.581. The van der Waals surface area contributed by atoms with E-state index < -0.39 is 54.9 Å². The van der Waals surface area contributed by atoms with Gasteiger partial charge in [-0.15, -0.1) is 0 Å². The Labute approximate surface area is 258 Å². The second-order valence-corrected chi connectivity index (χ2v) is 12.3. The molecule has 0 saturated heterocycles. The molecule has 3 N–H and O–H groups in total. The molecule has 10 nitrogen and oxygen atoms in total. The summed E-state index contributed by atoms with van der Waals surface area (Å²) in [5.41, 5.74) is 1.59. The van der Waals surface area contributed by atoms with Gasteiger partial charge in [0.1, 0.15) is 11.7 Å². The zero-order chi connectivity index (χ0) is 34.4. The van der Waals surface area contributed by atoms with Crippen molar-refractivity contribution in [2.45, 2.75) is 89.6 Å². The van der Waals surface area contributed by atoms with Crippen LogP contribution in [-0.4, -0.2) is 63.5 Å². The molecule has 0 radical (unpaired) electrons. The minimum atomic E-state index is -5.22. The van der Waals surface area contributed by atoms with Crippen LogP contribution in [0.15, 0.2) is 30.5 Å². The molecular formula is C31H39F3N6O4. The average Bonchev–Trinajstić information content (AvgIpc) is 3.89. The van der Waals surface area contributed by atoms with Gasteiger partial charge in [-0.2, -0.15) is 18.3 Å². The third-order valence-electron chi connectivity index (χ3n) is 8.61. The van der Waals surface area contributed by atoms with Crippen LogP contribution in [0.3, 0.4) is 0 Å². The molecule has 238 valence electrons. The van der Waals surface area contributed by atoms with Crippen molar-refractivity contribution in [1.82, 2.24) is 25.3 Å². The molecule has 5 rings (SSSR count). The van der Waals surface area contributed by atoms with Crippen LogP contribution in [0.1, 0.15) is 90.7 Å². The lowest BCUT2D eigenvalue weighted by molar-refractivity contribution is -0.178. The normalized spacial score (nSPS) is 20.6. The Morgan fingerprint density at radius 1 is 1.05 bits per heavy atom. The van der Waals surface area contributed by atoms with Crippen LogP contribution < -0.4 is 16.0 Å². The third-order valence-corrected chi connectivity index (χ3v) is 8.61. The molecule has 2 fully saturated rings. The van der Waals surface area contributed by atoms with Gasteiger partial charge in [0, 0.05) is 35.9 Å². The number of aromatic nitrogens is 2. The maximum atomic E-state index is 13.9. The number of nitrogens with one attached hydrogen (secondary N) is 3. The van der Waals surface area contributed by atoms with Crippen molar-refractivity contribution < 1.29 is 36.5 Å². The van der Waals surface area contributed by atoms with Gasteiger partial charge in [-0.3, -0.25) is 23.9 Å². The first-order chi connectivity index (χ1) is 22.0. The van der Waals surface area contributed by atoms with E-state index in [9.17, 15) is 32.3 Å². The third kappa shape index (κ3) is 6.76. The molecular weight excluding hydrogens is 577 g/mol. The fourth-order valence-corrected chi connectivity index (χ4v) is 6.29. The Morgan fingerprint density at radius 2 is 1.73 bits per heavy atom. The van der Waals surface area contributed by atoms with E-state index in [0.717, 1.165) is 32.6 Å². The highest BCUT2D eigenvalue weighted by Crippen LogP contribution is 2.51. The minimum Gasteiger partial charge on any atom is -0.339 e. The van der Waals surface area contributed by atoms with Crippen LogP contribution in [-0.2, 0) is 20.8 Å². The molecule has 2 aromatic rings. The minimum absolute atomic E-state index is 0.0230. The molecule has 13 heteroatoms. The number of benzene rings is 1. The van der Waals surface area contributed by atoms with Crippen LogP contribution >= 0.6 is 0 Å². The summed E-state index contributed by atoms with van der Waals surface area (Å²) in [6.45, 7) is 1.36. The van der Waals surface area contributed by atoms with Crippen molar-refractivity contribution in [3.05, 3.63) is 47.3 Å². The van der Waals surface area contributed by atoms with Crippen molar-refractivity contribution in [3.8, 4) is 0 Å². The summed E-state index contributed by atoms with van der Waals surface area (Å²) in [7, 11) is 0. The topological polar surface area (TPSA) is 125 Å². The van der Waals surface area contributed by atoms with E-state index in [4.69, 9.17) is 4.11 Å². The molecule has 3 atom stereocenters. The van der Waals surface area contributed by atoms with Crippen LogP contribution in [0.2, 0.25) is 0 Å². The van der Waals surface area contributed by atoms with Crippen molar-refractivity contribution in [2.24, 2.45) is 17.8 Å². The smallest absolute Gasteiger partial charge is 0.339 e. The first kappa shape index (κ1) is 27.6. The first-order valence-corrected chi connectivity index (χ1v) is 14.9. The van der Waals surface area contributed by atoms with E-state index in [-0.39, 0.29) is 29.7 Å². The van der Waals surface area contributed by atoms with Crippen molar-refractivity contribution in [3.63, 3.8) is 0 Å². The standard InChI is InChI=1S/C31H39F3N6O4/c1-16(2)40-24(13-14-35-40)28(42)38-26(25(18-5-6-18)19-7-8-19)29(43)37-21-10-11-22-20(15-21)9-12-23(22)39(4)30(44)27(31(32,33)34)36-17(3)41/h10-11,13-16,18-19,23,25-27H,5-9,12H2,1-4H3,(H,36,41)(H,37,43)(H,38,42)/t23-,26+,27?/m1/s1/i4D3. The summed E-state index contributed by atoms with van der Waals surface area (Å²) < 4.78 is 66.6. The number of anilines is 1. The fourth-order valence-electron chi connectivity index (χ4n) is 6.29. The second kappa shape index (κ2) is 12.2. The van der Waals surface area contributed by atoms with Crippen molar-refractivity contribution in [2.75, 3.05) is 12.3 Å². The number of alkyl halides is 3. The maximum Gasteiger partial charge on any atom is 0.417 e. The summed E-state index contributed by atoms with van der Waals surface area (Å²) in [6, 6.07) is 1.06. The van der Waals surface area contributed by atoms with Crippen molar-refractivity contribution in [1.29, 1.82) is 0 Å². The molecule has 2 saturated carbocycles. The van der Waals surface area contributed by atoms with Crippen molar-refractivity contribution >= 4 is 29.3 Å². The van der Waals surface area contributed by atoms with E-state index >= 15 is 0 Å². The molecule has 1 heterocycles. The number of carbonyl (C=O) groups excluding carboxylic acids is 4. The van der Waals surface area contributed by atoms with Gasteiger partial charge in [-0.1, -0.05) is 6.07 Å². The average molecular weight is 620 g/mol. The number of likely N-dealkylation sites (N-methyl/N-ethyl adjacent to an activating group) is 1. The van der Waals surface area contributed by atoms with Gasteiger partial charge in [0.15, 0.2) is 0 Å². The summed E-state index contributed by atoms with van der Waals surface area (Å²) in [5.74, 6) is -3.15. The number of carbonyl (C=O) groups is 4. The zero-order valence-corrected chi connectivity index (χ0v) is 24.8. The number of fused-ring (bicyclic) bond motifs is 1. The summed E-state index contributed by atoms with van der Waals surface area (Å²) in [6.07, 6.45) is 0.455. The monoisotopic (exact) mass is 619 g/mol. The highest BCUT2D eigenvalue weighted by atomic mass is 19.4. The molecule has 0 spiro atoms. The summed E-state index contributed by atoms with van der Waals surface area (Å²) in [4.78, 5) is 52.1. The largest absolute Gasteiger partial charge is 0.417 e. The Bertz CT molecular complexity index is 1520. The lowest BCUT2D eigenvalue weighted by Gasteiger charge is -2.30. The lowest BCUT2D eigenvalue weighted by atomic mass is 9.88. The van der Waals surface area contributed by atoms with E-state index in [1.54, 1.807) is 16.8 Å². The number of nitrogens with zero attached hydrogens (tertiary/aromatic N) is 3. The number of hydrogen-bond donors (Lipinski definition) is 3. The molecule has 3 aliphatic carbocycles. The Kier molecular flexibility index (Phi) is 7.69. The number of rotatable bonds is 11. The predicted molar refractivity (Wildman–Crippen MR) is 155 cm³/mol. The quantitative estimate of drug-likeness (QED) is 0.349. The highest BCUT2D eigenvalue weighted by molar-refractivity contribution is 6.01. The zero-order valence-electron chi connectivity index (χ0n) is 27.8. The van der Waals surface area contributed by atoms with Crippen LogP contribution in [0.4, 0.5) is 18.9 Å². The van der Waals surface area contributed by atoms with Gasteiger partial charge >= 0.3 is 6.18 Å².